The lowest BCUT2D eigenvalue weighted by Gasteiger charge is -2.13. The molecule has 1 unspecified atom stereocenters. The van der Waals surface area contributed by atoms with E-state index in [0.29, 0.717) is 12.4 Å². The van der Waals surface area contributed by atoms with E-state index < -0.39 is 6.10 Å². The van der Waals surface area contributed by atoms with Crippen molar-refractivity contribution in [3.63, 3.8) is 0 Å². The Morgan fingerprint density at radius 3 is 3.05 bits per heavy atom. The molecule has 0 saturated carbocycles. The maximum Gasteiger partial charge on any atom is 0.137 e. The molecule has 1 N–H and O–H groups in total. The SMILES string of the molecule is CCCOc1cncc(C(O)c2ccc3c(c2)CCO3)c1. The third-order valence-electron chi connectivity index (χ3n) is 3.55. The summed E-state index contributed by atoms with van der Waals surface area (Å²) in [5.74, 6) is 1.61. The molecule has 110 valence electrons. The summed E-state index contributed by atoms with van der Waals surface area (Å²) in [6.07, 6.45) is 4.48. The van der Waals surface area contributed by atoms with Crippen LogP contribution in [0.5, 0.6) is 11.5 Å². The van der Waals surface area contributed by atoms with Crippen molar-refractivity contribution in [3.05, 3.63) is 53.3 Å². The second-order valence-electron chi connectivity index (χ2n) is 5.17. The second-order valence-corrected chi connectivity index (χ2v) is 5.17. The Balaban J connectivity index is 1.82. The van der Waals surface area contributed by atoms with Crippen LogP contribution >= 0.6 is 0 Å². The van der Waals surface area contributed by atoms with Crippen molar-refractivity contribution in [1.82, 2.24) is 4.98 Å². The van der Waals surface area contributed by atoms with Gasteiger partial charge in [0.2, 0.25) is 0 Å². The number of pyridine rings is 1. The highest BCUT2D eigenvalue weighted by Gasteiger charge is 2.17. The van der Waals surface area contributed by atoms with E-state index in [0.717, 1.165) is 41.9 Å². The predicted molar refractivity (Wildman–Crippen MR) is 79.7 cm³/mol. The topological polar surface area (TPSA) is 51.6 Å². The van der Waals surface area contributed by atoms with E-state index in [9.17, 15) is 5.11 Å². The number of aromatic nitrogens is 1. The van der Waals surface area contributed by atoms with Crippen molar-refractivity contribution in [2.24, 2.45) is 0 Å². The number of ether oxygens (including phenoxy) is 2. The van der Waals surface area contributed by atoms with Crippen molar-refractivity contribution in [2.45, 2.75) is 25.9 Å². The molecule has 2 heterocycles. The standard InChI is InChI=1S/C17H19NO3/c1-2-6-20-15-9-14(10-18-11-15)17(19)13-3-4-16-12(8-13)5-7-21-16/h3-4,8-11,17,19H,2,5-7H2,1H3. The van der Waals surface area contributed by atoms with Crippen LogP contribution < -0.4 is 9.47 Å². The molecule has 0 radical (unpaired) electrons. The lowest BCUT2D eigenvalue weighted by Crippen LogP contribution is -2.02. The molecule has 1 aliphatic rings. The molecule has 0 saturated heterocycles. The molecule has 1 aromatic heterocycles. The van der Waals surface area contributed by atoms with Crippen LogP contribution in [0.2, 0.25) is 0 Å². The number of aliphatic hydroxyl groups is 1. The molecule has 2 aromatic rings. The van der Waals surface area contributed by atoms with Crippen molar-refractivity contribution in [3.8, 4) is 11.5 Å². The first-order valence-electron chi connectivity index (χ1n) is 7.29. The zero-order chi connectivity index (χ0) is 14.7. The Labute approximate surface area is 124 Å². The largest absolute Gasteiger partial charge is 0.493 e. The minimum atomic E-state index is -0.700. The highest BCUT2D eigenvalue weighted by Crippen LogP contribution is 2.31. The molecule has 1 aliphatic heterocycles. The molecule has 4 heteroatoms. The van der Waals surface area contributed by atoms with E-state index in [1.165, 1.54) is 0 Å². The van der Waals surface area contributed by atoms with E-state index in [1.807, 2.05) is 24.3 Å². The summed E-state index contributed by atoms with van der Waals surface area (Å²) in [5.41, 5.74) is 2.74. The molecule has 0 spiro atoms. The van der Waals surface area contributed by atoms with Gasteiger partial charge in [0.05, 0.1) is 19.4 Å². The summed E-state index contributed by atoms with van der Waals surface area (Å²) in [5, 5.41) is 10.5. The van der Waals surface area contributed by atoms with Crippen LogP contribution in [-0.2, 0) is 6.42 Å². The number of nitrogens with zero attached hydrogens (tertiary/aromatic N) is 1. The summed E-state index contributed by atoms with van der Waals surface area (Å²) in [6, 6.07) is 7.67. The average Bonchev–Trinajstić information content (AvgIpc) is 3.00. The summed E-state index contributed by atoms with van der Waals surface area (Å²) in [7, 11) is 0. The molecule has 0 amide bonds. The Hall–Kier alpha value is -2.07. The van der Waals surface area contributed by atoms with Crippen molar-refractivity contribution >= 4 is 0 Å². The Kier molecular flexibility index (Phi) is 4.06. The lowest BCUT2D eigenvalue weighted by atomic mass is 10.00. The van der Waals surface area contributed by atoms with Gasteiger partial charge in [0.25, 0.3) is 0 Å². The first kappa shape index (κ1) is 13.9. The molecule has 1 aromatic carbocycles. The summed E-state index contributed by atoms with van der Waals surface area (Å²) in [4.78, 5) is 4.15. The number of benzene rings is 1. The molecule has 0 aliphatic carbocycles. The molecular formula is C17H19NO3. The van der Waals surface area contributed by atoms with Gasteiger partial charge in [-0.1, -0.05) is 13.0 Å². The molecular weight excluding hydrogens is 266 g/mol. The van der Waals surface area contributed by atoms with E-state index in [1.54, 1.807) is 12.4 Å². The first-order valence-corrected chi connectivity index (χ1v) is 7.29. The Morgan fingerprint density at radius 1 is 1.29 bits per heavy atom. The molecule has 21 heavy (non-hydrogen) atoms. The van der Waals surface area contributed by atoms with Gasteiger partial charge < -0.3 is 14.6 Å². The van der Waals surface area contributed by atoms with Gasteiger partial charge in [-0.25, -0.2) is 0 Å². The average molecular weight is 285 g/mol. The quantitative estimate of drug-likeness (QED) is 0.917. The van der Waals surface area contributed by atoms with Crippen molar-refractivity contribution < 1.29 is 14.6 Å². The van der Waals surface area contributed by atoms with E-state index >= 15 is 0 Å². The third-order valence-corrected chi connectivity index (χ3v) is 3.55. The normalized spacial score (nSPS) is 14.4. The van der Waals surface area contributed by atoms with Gasteiger partial charge in [-0.05, 0) is 35.7 Å². The molecule has 1 atom stereocenters. The van der Waals surface area contributed by atoms with Crippen molar-refractivity contribution in [1.29, 1.82) is 0 Å². The zero-order valence-electron chi connectivity index (χ0n) is 12.1. The summed E-state index contributed by atoms with van der Waals surface area (Å²) in [6.45, 7) is 3.42. The van der Waals surface area contributed by atoms with Crippen LogP contribution in [0.15, 0.2) is 36.7 Å². The maximum atomic E-state index is 10.5. The molecule has 3 rings (SSSR count). The smallest absolute Gasteiger partial charge is 0.137 e. The van der Waals surface area contributed by atoms with Gasteiger partial charge in [-0.15, -0.1) is 0 Å². The second kappa shape index (κ2) is 6.14. The van der Waals surface area contributed by atoms with Gasteiger partial charge in [-0.2, -0.15) is 0 Å². The number of fused-ring (bicyclic) bond motifs is 1. The molecule has 4 nitrogen and oxygen atoms in total. The Bertz CT molecular complexity index is 627. The van der Waals surface area contributed by atoms with Gasteiger partial charge in [-0.3, -0.25) is 4.98 Å². The fraction of sp³-hybridized carbons (Fsp3) is 0.353. The van der Waals surface area contributed by atoms with Crippen LogP contribution in [0, 0.1) is 0 Å². The number of aliphatic hydroxyl groups excluding tert-OH is 1. The minimum absolute atomic E-state index is 0.650. The monoisotopic (exact) mass is 285 g/mol. The van der Waals surface area contributed by atoms with Gasteiger partial charge in [0, 0.05) is 18.2 Å². The van der Waals surface area contributed by atoms with Gasteiger partial charge >= 0.3 is 0 Å². The highest BCUT2D eigenvalue weighted by molar-refractivity contribution is 5.42. The van der Waals surface area contributed by atoms with Crippen LogP contribution in [0.4, 0.5) is 0 Å². The number of rotatable bonds is 5. The van der Waals surface area contributed by atoms with Crippen LogP contribution in [0.3, 0.4) is 0 Å². The number of hydrogen-bond donors (Lipinski definition) is 1. The van der Waals surface area contributed by atoms with Crippen molar-refractivity contribution in [2.75, 3.05) is 13.2 Å². The van der Waals surface area contributed by atoms with E-state index in [-0.39, 0.29) is 0 Å². The summed E-state index contributed by atoms with van der Waals surface area (Å²) >= 11 is 0. The third kappa shape index (κ3) is 3.00. The Morgan fingerprint density at radius 2 is 2.19 bits per heavy atom. The van der Waals surface area contributed by atoms with Crippen LogP contribution in [0.1, 0.15) is 36.1 Å². The minimum Gasteiger partial charge on any atom is -0.493 e. The van der Waals surface area contributed by atoms with E-state index in [2.05, 4.69) is 11.9 Å². The fourth-order valence-electron chi connectivity index (χ4n) is 2.45. The predicted octanol–water partition coefficient (Wildman–Crippen LogP) is 2.89. The van der Waals surface area contributed by atoms with Crippen LogP contribution in [0.25, 0.3) is 0 Å². The molecule has 0 bridgehead atoms. The highest BCUT2D eigenvalue weighted by atomic mass is 16.5. The van der Waals surface area contributed by atoms with Crippen LogP contribution in [-0.4, -0.2) is 23.3 Å². The maximum absolute atomic E-state index is 10.5. The number of hydrogen-bond acceptors (Lipinski definition) is 4. The lowest BCUT2D eigenvalue weighted by molar-refractivity contribution is 0.218. The molecule has 0 fully saturated rings. The fourth-order valence-corrected chi connectivity index (χ4v) is 2.45. The zero-order valence-corrected chi connectivity index (χ0v) is 12.1. The summed E-state index contributed by atoms with van der Waals surface area (Å²) < 4.78 is 11.1. The van der Waals surface area contributed by atoms with Gasteiger partial charge in [0.1, 0.15) is 17.6 Å². The first-order chi connectivity index (χ1) is 10.3. The van der Waals surface area contributed by atoms with E-state index in [4.69, 9.17) is 9.47 Å². The van der Waals surface area contributed by atoms with Gasteiger partial charge in [0.15, 0.2) is 0 Å².